The SMILES string of the molecule is CC1CN(Cc2cccc(CNC(=O)c3cccc(I)c3)c2)CCO1. The van der Waals surface area contributed by atoms with E-state index in [1.807, 2.05) is 24.3 Å². The van der Waals surface area contributed by atoms with Crippen LogP contribution in [0.15, 0.2) is 48.5 Å². The molecule has 0 aliphatic carbocycles. The van der Waals surface area contributed by atoms with Crippen LogP contribution in [0.3, 0.4) is 0 Å². The van der Waals surface area contributed by atoms with Crippen LogP contribution < -0.4 is 5.32 Å². The van der Waals surface area contributed by atoms with Gasteiger partial charge < -0.3 is 10.1 Å². The second kappa shape index (κ2) is 8.78. The summed E-state index contributed by atoms with van der Waals surface area (Å²) >= 11 is 2.22. The summed E-state index contributed by atoms with van der Waals surface area (Å²) in [6.07, 6.45) is 0.296. The first-order valence-corrected chi connectivity index (χ1v) is 9.63. The van der Waals surface area contributed by atoms with Gasteiger partial charge in [0.25, 0.3) is 5.91 Å². The molecule has 1 atom stereocenters. The molecule has 1 heterocycles. The van der Waals surface area contributed by atoms with Crippen LogP contribution in [-0.2, 0) is 17.8 Å². The van der Waals surface area contributed by atoms with Gasteiger partial charge in [-0.3, -0.25) is 9.69 Å². The molecule has 2 aromatic rings. The number of nitrogens with one attached hydrogen (secondary N) is 1. The van der Waals surface area contributed by atoms with Crippen LogP contribution >= 0.6 is 22.6 Å². The maximum Gasteiger partial charge on any atom is 0.251 e. The lowest BCUT2D eigenvalue weighted by Crippen LogP contribution is -2.40. The van der Waals surface area contributed by atoms with Crippen molar-refractivity contribution in [2.24, 2.45) is 0 Å². The minimum atomic E-state index is -0.0362. The summed E-state index contributed by atoms with van der Waals surface area (Å²) in [4.78, 5) is 14.7. The van der Waals surface area contributed by atoms with Gasteiger partial charge in [0.15, 0.2) is 0 Å². The average molecular weight is 450 g/mol. The van der Waals surface area contributed by atoms with Crippen molar-refractivity contribution in [3.05, 3.63) is 68.8 Å². The first-order valence-electron chi connectivity index (χ1n) is 8.56. The highest BCUT2D eigenvalue weighted by Gasteiger charge is 2.16. The first kappa shape index (κ1) is 18.4. The van der Waals surface area contributed by atoms with Crippen molar-refractivity contribution in [1.82, 2.24) is 10.2 Å². The smallest absolute Gasteiger partial charge is 0.251 e. The van der Waals surface area contributed by atoms with Crippen molar-refractivity contribution >= 4 is 28.5 Å². The van der Waals surface area contributed by atoms with Crippen LogP contribution in [-0.4, -0.2) is 36.6 Å². The van der Waals surface area contributed by atoms with Gasteiger partial charge in [-0.15, -0.1) is 0 Å². The summed E-state index contributed by atoms with van der Waals surface area (Å²) in [5.74, 6) is -0.0362. The predicted octanol–water partition coefficient (Wildman–Crippen LogP) is 3.44. The Bertz CT molecular complexity index is 735. The fraction of sp³-hybridized carbons (Fsp3) is 0.350. The Morgan fingerprint density at radius 2 is 2.04 bits per heavy atom. The van der Waals surface area contributed by atoms with Gasteiger partial charge in [0.2, 0.25) is 0 Å². The van der Waals surface area contributed by atoms with Gasteiger partial charge in [-0.1, -0.05) is 30.3 Å². The maximum atomic E-state index is 12.3. The van der Waals surface area contributed by atoms with E-state index in [2.05, 4.69) is 64.0 Å². The fourth-order valence-corrected chi connectivity index (χ4v) is 3.59. The summed E-state index contributed by atoms with van der Waals surface area (Å²) < 4.78 is 6.66. The van der Waals surface area contributed by atoms with E-state index in [-0.39, 0.29) is 5.91 Å². The Morgan fingerprint density at radius 1 is 1.24 bits per heavy atom. The van der Waals surface area contributed by atoms with Gasteiger partial charge in [-0.25, -0.2) is 0 Å². The molecule has 0 spiro atoms. The van der Waals surface area contributed by atoms with Crippen molar-refractivity contribution < 1.29 is 9.53 Å². The Labute approximate surface area is 162 Å². The molecule has 1 N–H and O–H groups in total. The number of hydrogen-bond donors (Lipinski definition) is 1. The van der Waals surface area contributed by atoms with E-state index >= 15 is 0 Å². The summed E-state index contributed by atoms with van der Waals surface area (Å²) in [5, 5.41) is 3.00. The molecule has 1 aliphatic rings. The lowest BCUT2D eigenvalue weighted by Gasteiger charge is -2.31. The Morgan fingerprint density at radius 3 is 2.84 bits per heavy atom. The molecule has 0 saturated carbocycles. The number of nitrogens with zero attached hydrogens (tertiary/aromatic N) is 1. The number of morpholine rings is 1. The molecule has 0 aromatic heterocycles. The minimum absolute atomic E-state index is 0.0362. The van der Waals surface area contributed by atoms with Crippen molar-refractivity contribution in [2.75, 3.05) is 19.7 Å². The monoisotopic (exact) mass is 450 g/mol. The van der Waals surface area contributed by atoms with E-state index in [1.54, 1.807) is 0 Å². The average Bonchev–Trinajstić information content (AvgIpc) is 2.60. The number of rotatable bonds is 5. The quantitative estimate of drug-likeness (QED) is 0.710. The van der Waals surface area contributed by atoms with Crippen LogP contribution in [0.5, 0.6) is 0 Å². The number of carbonyl (C=O) groups is 1. The number of amides is 1. The van der Waals surface area contributed by atoms with Crippen LogP contribution in [0.1, 0.15) is 28.4 Å². The number of carbonyl (C=O) groups excluding carboxylic acids is 1. The molecular weight excluding hydrogens is 427 g/mol. The molecule has 1 unspecified atom stereocenters. The molecule has 25 heavy (non-hydrogen) atoms. The van der Waals surface area contributed by atoms with Crippen molar-refractivity contribution in [3.8, 4) is 0 Å². The molecule has 5 heteroatoms. The van der Waals surface area contributed by atoms with Gasteiger partial charge in [0.1, 0.15) is 0 Å². The number of benzene rings is 2. The zero-order chi connectivity index (χ0) is 17.6. The van der Waals surface area contributed by atoms with E-state index < -0.39 is 0 Å². The van der Waals surface area contributed by atoms with Gasteiger partial charge in [0.05, 0.1) is 12.7 Å². The van der Waals surface area contributed by atoms with E-state index in [0.29, 0.717) is 18.2 Å². The Hall–Kier alpha value is -1.44. The molecule has 132 valence electrons. The van der Waals surface area contributed by atoms with Crippen molar-refractivity contribution in [1.29, 1.82) is 0 Å². The summed E-state index contributed by atoms with van der Waals surface area (Å²) in [6.45, 7) is 6.31. The fourth-order valence-electron chi connectivity index (χ4n) is 3.04. The zero-order valence-electron chi connectivity index (χ0n) is 14.4. The third-order valence-corrected chi connectivity index (χ3v) is 4.93. The van der Waals surface area contributed by atoms with E-state index in [4.69, 9.17) is 4.74 Å². The maximum absolute atomic E-state index is 12.3. The van der Waals surface area contributed by atoms with Crippen LogP contribution in [0.25, 0.3) is 0 Å². The molecular formula is C20H23IN2O2. The third-order valence-electron chi connectivity index (χ3n) is 4.26. The molecule has 2 aromatic carbocycles. The van der Waals surface area contributed by atoms with Crippen LogP contribution in [0, 0.1) is 3.57 Å². The first-order chi connectivity index (χ1) is 12.1. The third kappa shape index (κ3) is 5.52. The predicted molar refractivity (Wildman–Crippen MR) is 107 cm³/mol. The lowest BCUT2D eigenvalue weighted by atomic mass is 10.1. The van der Waals surface area contributed by atoms with Crippen LogP contribution in [0.2, 0.25) is 0 Å². The van der Waals surface area contributed by atoms with Gasteiger partial charge >= 0.3 is 0 Å². The molecule has 4 nitrogen and oxygen atoms in total. The van der Waals surface area contributed by atoms with Crippen LogP contribution in [0.4, 0.5) is 0 Å². The van der Waals surface area contributed by atoms with E-state index in [0.717, 1.165) is 35.4 Å². The summed E-state index contributed by atoms with van der Waals surface area (Å²) in [5.41, 5.74) is 3.10. The topological polar surface area (TPSA) is 41.6 Å². The van der Waals surface area contributed by atoms with Crippen molar-refractivity contribution in [2.45, 2.75) is 26.1 Å². The molecule has 1 aliphatic heterocycles. The molecule has 0 bridgehead atoms. The number of hydrogen-bond acceptors (Lipinski definition) is 3. The molecule has 1 fully saturated rings. The number of ether oxygens (including phenoxy) is 1. The van der Waals surface area contributed by atoms with E-state index in [1.165, 1.54) is 5.56 Å². The Kier molecular flexibility index (Phi) is 6.45. The highest BCUT2D eigenvalue weighted by molar-refractivity contribution is 14.1. The standard InChI is InChI=1S/C20H23IN2O2/c1-15-13-23(8-9-25-15)14-17-5-2-4-16(10-17)12-22-20(24)18-6-3-7-19(21)11-18/h2-7,10-11,15H,8-9,12-14H2,1H3,(H,22,24). The molecule has 1 amide bonds. The second-order valence-corrected chi connectivity index (χ2v) is 7.68. The second-order valence-electron chi connectivity index (χ2n) is 6.43. The molecule has 3 rings (SSSR count). The zero-order valence-corrected chi connectivity index (χ0v) is 16.5. The molecule has 1 saturated heterocycles. The van der Waals surface area contributed by atoms with E-state index in [9.17, 15) is 4.79 Å². The highest BCUT2D eigenvalue weighted by atomic mass is 127. The lowest BCUT2D eigenvalue weighted by molar-refractivity contribution is -0.0212. The summed E-state index contributed by atoms with van der Waals surface area (Å²) in [6, 6.07) is 16.1. The highest BCUT2D eigenvalue weighted by Crippen LogP contribution is 2.13. The Balaban J connectivity index is 1.57. The molecule has 0 radical (unpaired) electrons. The largest absolute Gasteiger partial charge is 0.376 e. The minimum Gasteiger partial charge on any atom is -0.376 e. The summed E-state index contributed by atoms with van der Waals surface area (Å²) in [7, 11) is 0. The van der Waals surface area contributed by atoms with Gasteiger partial charge in [-0.05, 0) is 58.8 Å². The normalized spacial score (nSPS) is 18.1. The van der Waals surface area contributed by atoms with Gasteiger partial charge in [0, 0.05) is 35.3 Å². The number of halogens is 1. The van der Waals surface area contributed by atoms with Gasteiger partial charge in [-0.2, -0.15) is 0 Å². The van der Waals surface area contributed by atoms with Crippen molar-refractivity contribution in [3.63, 3.8) is 0 Å².